The van der Waals surface area contributed by atoms with Gasteiger partial charge in [-0.1, -0.05) is 0 Å². The minimum absolute atomic E-state index is 0.295. The zero-order valence-corrected chi connectivity index (χ0v) is 12.2. The molecular weight excluding hydrogens is 282 g/mol. The second-order valence-corrected chi connectivity index (χ2v) is 5.65. The molecule has 1 aromatic rings. The molecule has 4 N–H and O–H groups in total. The largest absolute Gasteiger partial charge is 0.497 e. The van der Waals surface area contributed by atoms with Gasteiger partial charge in [0, 0.05) is 12.7 Å². The van der Waals surface area contributed by atoms with E-state index in [1.165, 1.54) is 27.1 Å². The van der Waals surface area contributed by atoms with Crippen molar-refractivity contribution in [1.82, 2.24) is 10.6 Å². The summed E-state index contributed by atoms with van der Waals surface area (Å²) >= 11 is 0. The molecule has 0 saturated heterocycles. The van der Waals surface area contributed by atoms with Crippen LogP contribution in [0, 0.1) is 0 Å². The normalized spacial score (nSPS) is 13.2. The Kier molecular flexibility index (Phi) is 5.51. The van der Waals surface area contributed by atoms with Crippen molar-refractivity contribution in [3.63, 3.8) is 0 Å². The number of ether oxygens (including phenoxy) is 1. The third kappa shape index (κ3) is 3.70. The molecule has 8 heteroatoms. The highest BCUT2D eigenvalue weighted by Crippen LogP contribution is 2.24. The van der Waals surface area contributed by atoms with Gasteiger partial charge in [-0.2, -0.15) is 0 Å². The number of hydrogen-bond acceptors (Lipinski definition) is 5. The predicted molar refractivity (Wildman–Crippen MR) is 75.9 cm³/mol. The lowest BCUT2D eigenvalue weighted by molar-refractivity contribution is -0.119. The Labute approximate surface area is 119 Å². The first-order valence-corrected chi connectivity index (χ1v) is 6.98. The number of urea groups is 1. The summed E-state index contributed by atoms with van der Waals surface area (Å²) in [5.41, 5.74) is 6.05. The molecular formula is C12H17N3O4S. The van der Waals surface area contributed by atoms with Crippen LogP contribution in [0.4, 0.5) is 10.5 Å². The van der Waals surface area contributed by atoms with Gasteiger partial charge in [-0.15, -0.1) is 0 Å². The Bertz CT molecular complexity index is 548. The van der Waals surface area contributed by atoms with Gasteiger partial charge in [0.15, 0.2) is 0 Å². The first kappa shape index (κ1) is 16.0. The summed E-state index contributed by atoms with van der Waals surface area (Å²) in [5.74, 6) is -0.161. The molecule has 2 unspecified atom stereocenters. The fraction of sp³-hybridized carbons (Fsp3) is 0.333. The van der Waals surface area contributed by atoms with E-state index in [1.54, 1.807) is 12.1 Å². The third-order valence-corrected chi connectivity index (χ3v) is 4.23. The summed E-state index contributed by atoms with van der Waals surface area (Å²) in [6, 6.07) is 4.04. The fourth-order valence-corrected chi connectivity index (χ4v) is 2.55. The van der Waals surface area contributed by atoms with E-state index in [1.807, 2.05) is 0 Å². The molecule has 0 fully saturated rings. The number of hydrogen-bond donors (Lipinski definition) is 3. The van der Waals surface area contributed by atoms with E-state index >= 15 is 0 Å². The third-order valence-electron chi connectivity index (χ3n) is 2.59. The van der Waals surface area contributed by atoms with Crippen molar-refractivity contribution in [1.29, 1.82) is 0 Å². The lowest BCUT2D eigenvalue weighted by Crippen LogP contribution is -2.43. The number of methoxy groups -OCH3 is 1. The molecule has 0 saturated carbocycles. The second kappa shape index (κ2) is 6.90. The molecule has 0 spiro atoms. The lowest BCUT2D eigenvalue weighted by atomic mass is 10.3. The van der Waals surface area contributed by atoms with E-state index in [0.717, 1.165) is 0 Å². The van der Waals surface area contributed by atoms with Gasteiger partial charge in [0.1, 0.15) is 11.0 Å². The minimum Gasteiger partial charge on any atom is -0.497 e. The van der Waals surface area contributed by atoms with Crippen molar-refractivity contribution >= 4 is 28.4 Å². The van der Waals surface area contributed by atoms with Crippen LogP contribution in [0.25, 0.3) is 0 Å². The topological polar surface area (TPSA) is 111 Å². The van der Waals surface area contributed by atoms with Gasteiger partial charge in [0.2, 0.25) is 5.91 Å². The molecule has 1 rings (SSSR count). The summed E-state index contributed by atoms with van der Waals surface area (Å²) in [5, 5.41) is 3.39. The molecule has 110 valence electrons. The van der Waals surface area contributed by atoms with Crippen LogP contribution in [0.15, 0.2) is 23.1 Å². The number of nitrogens with one attached hydrogen (secondary N) is 2. The maximum atomic E-state index is 12.3. The van der Waals surface area contributed by atoms with E-state index in [2.05, 4.69) is 10.6 Å². The van der Waals surface area contributed by atoms with Crippen LogP contribution in [0.1, 0.15) is 6.92 Å². The Hall–Kier alpha value is -2.09. The first-order valence-electron chi connectivity index (χ1n) is 5.77. The summed E-state index contributed by atoms with van der Waals surface area (Å²) in [4.78, 5) is 23.1. The van der Waals surface area contributed by atoms with E-state index in [4.69, 9.17) is 10.5 Å². The molecule has 20 heavy (non-hydrogen) atoms. The van der Waals surface area contributed by atoms with Crippen molar-refractivity contribution in [3.8, 4) is 5.75 Å². The number of amides is 3. The van der Waals surface area contributed by atoms with Crippen LogP contribution in [-0.4, -0.2) is 35.6 Å². The molecule has 1 aromatic carbocycles. The summed E-state index contributed by atoms with van der Waals surface area (Å²) in [6.45, 7) is 1.45. The molecule has 7 nitrogen and oxygen atoms in total. The molecule has 0 radical (unpaired) electrons. The van der Waals surface area contributed by atoms with Crippen LogP contribution in [0.2, 0.25) is 0 Å². The highest BCUT2D eigenvalue weighted by Gasteiger charge is 2.24. The van der Waals surface area contributed by atoms with E-state index in [-0.39, 0.29) is 0 Å². The zero-order valence-electron chi connectivity index (χ0n) is 11.4. The number of rotatable bonds is 4. The fourth-order valence-electron chi connectivity index (χ4n) is 1.38. The number of nitrogen functional groups attached to an aromatic ring is 1. The number of carbonyl (C=O) groups is 2. The van der Waals surface area contributed by atoms with Crippen LogP contribution in [-0.2, 0) is 15.6 Å². The van der Waals surface area contributed by atoms with Crippen molar-refractivity contribution in [3.05, 3.63) is 18.2 Å². The summed E-state index contributed by atoms with van der Waals surface area (Å²) in [6.07, 6.45) is 0. The number of carbonyl (C=O) groups excluding carboxylic acids is 2. The standard InChI is InChI=1S/C12H17N3O4S/c1-7(11(16)15-12(17)14-2)20(18)10-6-8(19-3)4-5-9(10)13/h4-7H,13H2,1-3H3,(H2,14,15,16,17). The molecule has 0 bridgehead atoms. The van der Waals surface area contributed by atoms with Crippen molar-refractivity contribution < 1.29 is 18.5 Å². The second-order valence-electron chi connectivity index (χ2n) is 3.91. The highest BCUT2D eigenvalue weighted by molar-refractivity contribution is 7.86. The Morgan fingerprint density at radius 1 is 1.40 bits per heavy atom. The van der Waals surface area contributed by atoms with Crippen LogP contribution < -0.4 is 21.1 Å². The zero-order chi connectivity index (χ0) is 15.3. The van der Waals surface area contributed by atoms with Crippen molar-refractivity contribution in [2.45, 2.75) is 17.1 Å². The quantitative estimate of drug-likeness (QED) is 0.689. The van der Waals surface area contributed by atoms with Crippen molar-refractivity contribution in [2.24, 2.45) is 0 Å². The van der Waals surface area contributed by atoms with Crippen molar-refractivity contribution in [2.75, 3.05) is 19.9 Å². The number of anilines is 1. The number of nitrogens with two attached hydrogens (primary N) is 1. The SMILES string of the molecule is CNC(=O)NC(=O)C(C)S(=O)c1cc(OC)ccc1N. The molecule has 0 aliphatic rings. The first-order chi connectivity index (χ1) is 9.40. The molecule has 2 atom stereocenters. The van der Waals surface area contributed by atoms with Gasteiger partial charge in [-0.3, -0.25) is 14.3 Å². The Balaban J connectivity index is 2.94. The van der Waals surface area contributed by atoms with E-state index < -0.39 is 28.0 Å². The Morgan fingerprint density at radius 2 is 2.05 bits per heavy atom. The molecule has 0 aromatic heterocycles. The maximum absolute atomic E-state index is 12.3. The van der Waals surface area contributed by atoms with Gasteiger partial charge in [0.25, 0.3) is 0 Å². The van der Waals surface area contributed by atoms with Gasteiger partial charge in [-0.05, 0) is 25.1 Å². The molecule has 3 amide bonds. The Morgan fingerprint density at radius 3 is 2.60 bits per heavy atom. The average molecular weight is 299 g/mol. The molecule has 0 aliphatic carbocycles. The maximum Gasteiger partial charge on any atom is 0.321 e. The number of imide groups is 1. The van der Waals surface area contributed by atoms with Gasteiger partial charge < -0.3 is 15.8 Å². The van der Waals surface area contributed by atoms with Gasteiger partial charge in [-0.25, -0.2) is 4.79 Å². The van der Waals surface area contributed by atoms with Crippen LogP contribution >= 0.6 is 0 Å². The highest BCUT2D eigenvalue weighted by atomic mass is 32.2. The molecule has 0 heterocycles. The summed E-state index contributed by atoms with van der Waals surface area (Å²) < 4.78 is 17.4. The van der Waals surface area contributed by atoms with Gasteiger partial charge >= 0.3 is 6.03 Å². The predicted octanol–water partition coefficient (Wildman–Crippen LogP) is 0.229. The monoisotopic (exact) mass is 299 g/mol. The smallest absolute Gasteiger partial charge is 0.321 e. The van der Waals surface area contributed by atoms with Crippen LogP contribution in [0.3, 0.4) is 0 Å². The van der Waals surface area contributed by atoms with Crippen LogP contribution in [0.5, 0.6) is 5.75 Å². The van der Waals surface area contributed by atoms with E-state index in [9.17, 15) is 13.8 Å². The average Bonchev–Trinajstić information content (AvgIpc) is 2.45. The number of benzene rings is 1. The molecule has 0 aliphatic heterocycles. The minimum atomic E-state index is -1.70. The van der Waals surface area contributed by atoms with Gasteiger partial charge in [0.05, 0.1) is 22.8 Å². The van der Waals surface area contributed by atoms with E-state index in [0.29, 0.717) is 16.3 Å². The lowest BCUT2D eigenvalue weighted by Gasteiger charge is -2.13. The summed E-state index contributed by atoms with van der Waals surface area (Å²) in [7, 11) is 1.15.